The summed E-state index contributed by atoms with van der Waals surface area (Å²) in [4.78, 5) is 10.9. The Morgan fingerprint density at radius 3 is 2.87 bits per heavy atom. The van der Waals surface area contributed by atoms with Gasteiger partial charge in [0.25, 0.3) is 0 Å². The molecule has 0 saturated carbocycles. The van der Waals surface area contributed by atoms with Crippen LogP contribution in [0.4, 0.5) is 5.82 Å². The van der Waals surface area contributed by atoms with E-state index in [0.29, 0.717) is 0 Å². The standard InChI is InChI=1S/C17H21N5O/c1-12(23)21-18-10-14-11-19-22-16(14)20-15(9-17(22,2)3)13-7-5-4-6-8-13/h4-8,10-11,15,20H,9H2,1-3H3,(H,21,23)/b18-10+. The van der Waals surface area contributed by atoms with E-state index in [-0.39, 0.29) is 17.5 Å². The maximum atomic E-state index is 10.9. The molecule has 1 atom stereocenters. The van der Waals surface area contributed by atoms with Gasteiger partial charge >= 0.3 is 0 Å². The number of nitrogens with zero attached hydrogens (tertiary/aromatic N) is 3. The second kappa shape index (κ2) is 5.87. The van der Waals surface area contributed by atoms with E-state index in [4.69, 9.17) is 0 Å². The van der Waals surface area contributed by atoms with Crippen LogP contribution in [0.3, 0.4) is 0 Å². The zero-order valence-electron chi connectivity index (χ0n) is 13.6. The van der Waals surface area contributed by atoms with Crippen molar-refractivity contribution < 1.29 is 4.79 Å². The highest BCUT2D eigenvalue weighted by molar-refractivity contribution is 5.87. The van der Waals surface area contributed by atoms with Crippen molar-refractivity contribution in [1.29, 1.82) is 0 Å². The fourth-order valence-electron chi connectivity index (χ4n) is 2.94. The predicted octanol–water partition coefficient (Wildman–Crippen LogP) is 2.65. The molecule has 23 heavy (non-hydrogen) atoms. The molecular weight excluding hydrogens is 290 g/mol. The van der Waals surface area contributed by atoms with Gasteiger partial charge < -0.3 is 5.32 Å². The largest absolute Gasteiger partial charge is 0.363 e. The zero-order valence-corrected chi connectivity index (χ0v) is 13.6. The highest BCUT2D eigenvalue weighted by atomic mass is 16.2. The van der Waals surface area contributed by atoms with E-state index >= 15 is 0 Å². The Morgan fingerprint density at radius 1 is 1.43 bits per heavy atom. The third kappa shape index (κ3) is 3.11. The van der Waals surface area contributed by atoms with Crippen molar-refractivity contribution in [1.82, 2.24) is 15.2 Å². The van der Waals surface area contributed by atoms with Gasteiger partial charge in [-0.05, 0) is 25.8 Å². The van der Waals surface area contributed by atoms with Crippen LogP contribution in [0.2, 0.25) is 0 Å². The number of carbonyl (C=O) groups excluding carboxylic acids is 1. The number of anilines is 1. The quantitative estimate of drug-likeness (QED) is 0.676. The zero-order chi connectivity index (χ0) is 16.4. The van der Waals surface area contributed by atoms with Crippen LogP contribution >= 0.6 is 0 Å². The van der Waals surface area contributed by atoms with Crippen molar-refractivity contribution >= 4 is 17.9 Å². The van der Waals surface area contributed by atoms with Gasteiger partial charge in [0.05, 0.1) is 29.6 Å². The van der Waals surface area contributed by atoms with Crippen LogP contribution in [0.1, 0.15) is 44.4 Å². The minimum atomic E-state index is -0.197. The van der Waals surface area contributed by atoms with Gasteiger partial charge in [-0.15, -0.1) is 0 Å². The lowest BCUT2D eigenvalue weighted by Gasteiger charge is -2.38. The predicted molar refractivity (Wildman–Crippen MR) is 90.4 cm³/mol. The summed E-state index contributed by atoms with van der Waals surface area (Å²) < 4.78 is 1.99. The first-order valence-electron chi connectivity index (χ1n) is 7.67. The summed E-state index contributed by atoms with van der Waals surface area (Å²) in [6.07, 6.45) is 4.33. The Labute approximate surface area is 135 Å². The molecule has 1 aliphatic heterocycles. The van der Waals surface area contributed by atoms with Crippen molar-refractivity contribution in [2.45, 2.75) is 38.8 Å². The van der Waals surface area contributed by atoms with Crippen LogP contribution in [0.5, 0.6) is 0 Å². The van der Waals surface area contributed by atoms with Gasteiger partial charge in [0.2, 0.25) is 5.91 Å². The number of amides is 1. The van der Waals surface area contributed by atoms with Crippen LogP contribution in [0, 0.1) is 0 Å². The van der Waals surface area contributed by atoms with Crippen LogP contribution < -0.4 is 10.7 Å². The van der Waals surface area contributed by atoms with Crippen LogP contribution in [0.15, 0.2) is 41.6 Å². The Hall–Kier alpha value is -2.63. The molecule has 0 fully saturated rings. The number of fused-ring (bicyclic) bond motifs is 1. The lowest BCUT2D eigenvalue weighted by atomic mass is 9.89. The van der Waals surface area contributed by atoms with Crippen molar-refractivity contribution in [3.63, 3.8) is 0 Å². The molecule has 2 aromatic rings. The molecule has 0 spiro atoms. The summed E-state index contributed by atoms with van der Waals surface area (Å²) in [6.45, 7) is 5.78. The average molecular weight is 311 g/mol. The second-order valence-corrected chi connectivity index (χ2v) is 6.41. The molecule has 1 aliphatic rings. The first kappa shape index (κ1) is 15.3. The summed E-state index contributed by atoms with van der Waals surface area (Å²) in [6, 6.07) is 10.6. The lowest BCUT2D eigenvalue weighted by molar-refractivity contribution is -0.118. The van der Waals surface area contributed by atoms with Gasteiger partial charge in [0, 0.05) is 6.92 Å². The fraction of sp³-hybridized carbons (Fsp3) is 0.353. The topological polar surface area (TPSA) is 71.3 Å². The molecule has 2 heterocycles. The first-order chi connectivity index (χ1) is 11.0. The van der Waals surface area contributed by atoms with E-state index in [9.17, 15) is 4.79 Å². The SMILES string of the molecule is CC(=O)N/N=C/c1cnn2c1NC(c1ccccc1)CC2(C)C. The van der Waals surface area contributed by atoms with Gasteiger partial charge in [-0.3, -0.25) is 4.79 Å². The smallest absolute Gasteiger partial charge is 0.236 e. The minimum absolute atomic E-state index is 0.110. The maximum Gasteiger partial charge on any atom is 0.236 e. The molecule has 0 bridgehead atoms. The monoisotopic (exact) mass is 311 g/mol. The van der Waals surface area contributed by atoms with Gasteiger partial charge in [-0.2, -0.15) is 10.2 Å². The minimum Gasteiger partial charge on any atom is -0.363 e. The first-order valence-corrected chi connectivity index (χ1v) is 7.67. The Morgan fingerprint density at radius 2 is 2.17 bits per heavy atom. The number of benzene rings is 1. The van der Waals surface area contributed by atoms with E-state index in [1.807, 2.05) is 10.7 Å². The normalized spacial score (nSPS) is 19.2. The molecule has 0 aliphatic carbocycles. The summed E-state index contributed by atoms with van der Waals surface area (Å²) in [5, 5.41) is 12.0. The molecule has 0 saturated heterocycles. The van der Waals surface area contributed by atoms with Crippen molar-refractivity contribution in [2.75, 3.05) is 5.32 Å². The highest BCUT2D eigenvalue weighted by Gasteiger charge is 2.35. The van der Waals surface area contributed by atoms with Crippen LogP contribution in [-0.2, 0) is 10.3 Å². The molecule has 3 rings (SSSR count). The van der Waals surface area contributed by atoms with E-state index in [2.05, 4.69) is 59.1 Å². The fourth-order valence-corrected chi connectivity index (χ4v) is 2.94. The molecule has 120 valence electrons. The summed E-state index contributed by atoms with van der Waals surface area (Å²) in [7, 11) is 0. The molecule has 1 amide bonds. The molecule has 1 aromatic heterocycles. The summed E-state index contributed by atoms with van der Waals surface area (Å²) >= 11 is 0. The molecule has 2 N–H and O–H groups in total. The third-order valence-corrected chi connectivity index (χ3v) is 4.01. The number of nitrogens with one attached hydrogen (secondary N) is 2. The van der Waals surface area contributed by atoms with Gasteiger partial charge in [0.15, 0.2) is 0 Å². The second-order valence-electron chi connectivity index (χ2n) is 6.41. The maximum absolute atomic E-state index is 10.9. The number of hydrogen-bond donors (Lipinski definition) is 2. The number of hydrogen-bond acceptors (Lipinski definition) is 4. The van der Waals surface area contributed by atoms with Crippen molar-refractivity contribution in [2.24, 2.45) is 5.10 Å². The van der Waals surface area contributed by atoms with Gasteiger partial charge in [-0.25, -0.2) is 10.1 Å². The summed E-state index contributed by atoms with van der Waals surface area (Å²) in [5.74, 6) is 0.724. The van der Waals surface area contributed by atoms with E-state index < -0.39 is 0 Å². The Bertz CT molecular complexity index is 733. The molecule has 6 heteroatoms. The molecule has 0 radical (unpaired) electrons. The molecule has 1 unspecified atom stereocenters. The molecular formula is C17H21N5O. The lowest BCUT2D eigenvalue weighted by Crippen LogP contribution is -2.38. The molecule has 6 nitrogen and oxygen atoms in total. The van der Waals surface area contributed by atoms with E-state index in [0.717, 1.165) is 17.8 Å². The van der Waals surface area contributed by atoms with Crippen molar-refractivity contribution in [3.8, 4) is 0 Å². The third-order valence-electron chi connectivity index (χ3n) is 4.01. The van der Waals surface area contributed by atoms with E-state index in [1.165, 1.54) is 12.5 Å². The Balaban J connectivity index is 1.93. The Kier molecular flexibility index (Phi) is 3.90. The van der Waals surface area contributed by atoms with E-state index in [1.54, 1.807) is 12.4 Å². The number of aromatic nitrogens is 2. The number of hydrazone groups is 1. The van der Waals surface area contributed by atoms with Gasteiger partial charge in [0.1, 0.15) is 5.82 Å². The average Bonchev–Trinajstić information content (AvgIpc) is 2.91. The van der Waals surface area contributed by atoms with Crippen molar-refractivity contribution in [3.05, 3.63) is 47.7 Å². The highest BCUT2D eigenvalue weighted by Crippen LogP contribution is 2.39. The molecule has 1 aromatic carbocycles. The van der Waals surface area contributed by atoms with Crippen LogP contribution in [-0.4, -0.2) is 21.9 Å². The number of rotatable bonds is 3. The van der Waals surface area contributed by atoms with Crippen LogP contribution in [0.25, 0.3) is 0 Å². The van der Waals surface area contributed by atoms with Gasteiger partial charge in [-0.1, -0.05) is 30.3 Å². The number of carbonyl (C=O) groups is 1. The summed E-state index contributed by atoms with van der Waals surface area (Å²) in [5.41, 5.74) is 4.41.